The van der Waals surface area contributed by atoms with Crippen molar-refractivity contribution in [1.29, 1.82) is 0 Å². The molecule has 27 heavy (non-hydrogen) atoms. The van der Waals surface area contributed by atoms with Crippen molar-refractivity contribution < 1.29 is 4.39 Å². The Balaban J connectivity index is 1.57. The molecule has 0 aliphatic rings. The molecule has 0 aliphatic carbocycles. The molecule has 0 spiro atoms. The minimum atomic E-state index is -0.232. The molecule has 0 saturated carbocycles. The third-order valence-electron chi connectivity index (χ3n) is 4.12. The first-order chi connectivity index (χ1) is 13.1. The molecule has 0 bridgehead atoms. The van der Waals surface area contributed by atoms with Crippen LogP contribution in [0.2, 0.25) is 0 Å². The van der Waals surface area contributed by atoms with E-state index in [2.05, 4.69) is 25.7 Å². The van der Waals surface area contributed by atoms with Gasteiger partial charge in [0.1, 0.15) is 5.82 Å². The van der Waals surface area contributed by atoms with Crippen LogP contribution in [-0.4, -0.2) is 27.8 Å². The number of nitrogens with zero attached hydrogens (tertiary/aromatic N) is 4. The summed E-state index contributed by atoms with van der Waals surface area (Å²) in [5.41, 5.74) is 3.61. The fourth-order valence-corrected chi connectivity index (χ4v) is 2.73. The summed E-state index contributed by atoms with van der Waals surface area (Å²) in [4.78, 5) is 8.65. The zero-order chi connectivity index (χ0) is 19.2. The minimum absolute atomic E-state index is 0.232. The molecule has 2 heterocycles. The number of hydrogen-bond donors (Lipinski definition) is 2. The molecule has 0 saturated heterocycles. The largest absolute Gasteiger partial charge is 0.352 e. The van der Waals surface area contributed by atoms with Crippen LogP contribution in [0, 0.1) is 19.7 Å². The van der Waals surface area contributed by atoms with Crippen molar-refractivity contribution in [1.82, 2.24) is 25.4 Å². The van der Waals surface area contributed by atoms with Crippen LogP contribution in [0.4, 0.5) is 4.39 Å². The molecule has 0 radical (unpaired) electrons. The van der Waals surface area contributed by atoms with Gasteiger partial charge in [0.25, 0.3) is 0 Å². The van der Waals surface area contributed by atoms with Crippen LogP contribution in [0.15, 0.2) is 53.7 Å². The highest BCUT2D eigenvalue weighted by atomic mass is 19.1. The third-order valence-corrected chi connectivity index (χ3v) is 4.12. The van der Waals surface area contributed by atoms with Gasteiger partial charge in [-0.05, 0) is 37.6 Å². The lowest BCUT2D eigenvalue weighted by Gasteiger charge is -2.12. The van der Waals surface area contributed by atoms with Crippen molar-refractivity contribution in [2.75, 3.05) is 7.05 Å². The van der Waals surface area contributed by atoms with Gasteiger partial charge in [-0.15, -0.1) is 0 Å². The maximum atomic E-state index is 13.7. The Bertz CT molecular complexity index is 930. The van der Waals surface area contributed by atoms with Gasteiger partial charge in [-0.25, -0.2) is 14.1 Å². The molecular weight excluding hydrogens is 343 g/mol. The maximum absolute atomic E-state index is 13.7. The highest BCUT2D eigenvalue weighted by Crippen LogP contribution is 2.10. The summed E-state index contributed by atoms with van der Waals surface area (Å²) in [5, 5.41) is 10.7. The van der Waals surface area contributed by atoms with E-state index in [9.17, 15) is 4.39 Å². The lowest BCUT2D eigenvalue weighted by Crippen LogP contribution is -2.36. The smallest absolute Gasteiger partial charge is 0.191 e. The number of benzene rings is 1. The molecule has 7 heteroatoms. The number of halogens is 1. The second-order valence-electron chi connectivity index (χ2n) is 6.23. The number of pyridine rings is 1. The lowest BCUT2D eigenvalue weighted by molar-refractivity contribution is 0.604. The first kappa shape index (κ1) is 18.6. The maximum Gasteiger partial charge on any atom is 0.191 e. The van der Waals surface area contributed by atoms with Gasteiger partial charge >= 0.3 is 0 Å². The molecular formula is C20H23FN6. The standard InChI is InChI=1S/C20H23FN6/c1-14-10-15(2)27(26-14)19-9-8-16(11-23-19)12-24-20(22-3)25-13-17-6-4-5-7-18(17)21/h4-11H,12-13H2,1-3H3,(H2,22,24,25). The summed E-state index contributed by atoms with van der Waals surface area (Å²) in [6.07, 6.45) is 1.81. The van der Waals surface area contributed by atoms with Gasteiger partial charge in [0, 0.05) is 37.6 Å². The van der Waals surface area contributed by atoms with E-state index in [1.165, 1.54) is 6.07 Å². The van der Waals surface area contributed by atoms with Crippen LogP contribution in [0.5, 0.6) is 0 Å². The Hall–Kier alpha value is -3.22. The summed E-state index contributed by atoms with van der Waals surface area (Å²) in [7, 11) is 1.68. The number of guanidine groups is 1. The van der Waals surface area contributed by atoms with Crippen molar-refractivity contribution >= 4 is 5.96 Å². The second-order valence-corrected chi connectivity index (χ2v) is 6.23. The molecule has 6 nitrogen and oxygen atoms in total. The molecule has 140 valence electrons. The Kier molecular flexibility index (Phi) is 5.80. The van der Waals surface area contributed by atoms with E-state index in [4.69, 9.17) is 0 Å². The predicted octanol–water partition coefficient (Wildman–Crippen LogP) is 2.89. The van der Waals surface area contributed by atoms with Gasteiger partial charge in [0.2, 0.25) is 0 Å². The third kappa shape index (κ3) is 4.69. The van der Waals surface area contributed by atoms with E-state index < -0.39 is 0 Å². The van der Waals surface area contributed by atoms with Crippen LogP contribution < -0.4 is 10.6 Å². The van der Waals surface area contributed by atoms with Crippen LogP contribution in [0.3, 0.4) is 0 Å². The number of aromatic nitrogens is 3. The Labute approximate surface area is 158 Å². The van der Waals surface area contributed by atoms with Crippen molar-refractivity contribution in [3.8, 4) is 5.82 Å². The molecule has 3 aromatic rings. The fraction of sp³-hybridized carbons (Fsp3) is 0.250. The number of hydrogen-bond acceptors (Lipinski definition) is 3. The molecule has 1 aromatic carbocycles. The van der Waals surface area contributed by atoms with Crippen molar-refractivity contribution in [2.24, 2.45) is 4.99 Å². The average Bonchev–Trinajstić information content (AvgIpc) is 3.02. The Morgan fingerprint density at radius 3 is 2.52 bits per heavy atom. The number of rotatable bonds is 5. The van der Waals surface area contributed by atoms with Crippen LogP contribution in [-0.2, 0) is 13.1 Å². The van der Waals surface area contributed by atoms with Gasteiger partial charge in [-0.3, -0.25) is 4.99 Å². The van der Waals surface area contributed by atoms with E-state index in [1.54, 1.807) is 19.2 Å². The summed E-state index contributed by atoms with van der Waals surface area (Å²) in [5.74, 6) is 1.15. The molecule has 3 rings (SSSR count). The zero-order valence-corrected chi connectivity index (χ0v) is 15.7. The van der Waals surface area contributed by atoms with Crippen molar-refractivity contribution in [3.63, 3.8) is 0 Å². The quantitative estimate of drug-likeness (QED) is 0.538. The average molecular weight is 366 g/mol. The SMILES string of the molecule is CN=C(NCc1ccc(-n2nc(C)cc2C)nc1)NCc1ccccc1F. The van der Waals surface area contributed by atoms with Gasteiger partial charge < -0.3 is 10.6 Å². The molecule has 0 atom stereocenters. The molecule has 2 N–H and O–H groups in total. The lowest BCUT2D eigenvalue weighted by atomic mass is 10.2. The molecule has 0 unspecified atom stereocenters. The summed E-state index contributed by atoms with van der Waals surface area (Å²) in [6.45, 7) is 4.88. The van der Waals surface area contributed by atoms with Crippen molar-refractivity contribution in [2.45, 2.75) is 26.9 Å². The Morgan fingerprint density at radius 2 is 1.89 bits per heavy atom. The minimum Gasteiger partial charge on any atom is -0.352 e. The van der Waals surface area contributed by atoms with Crippen LogP contribution in [0.25, 0.3) is 5.82 Å². The number of aryl methyl sites for hydroxylation is 2. The number of aliphatic imine (C=N–C) groups is 1. The second kappa shape index (κ2) is 8.44. The van der Waals surface area contributed by atoms with E-state index in [1.807, 2.05) is 49.0 Å². The van der Waals surface area contributed by atoms with Gasteiger partial charge in [-0.1, -0.05) is 24.3 Å². The summed E-state index contributed by atoms with van der Waals surface area (Å²) in [6, 6.07) is 12.6. The normalized spacial score (nSPS) is 11.5. The van der Waals surface area contributed by atoms with E-state index in [0.29, 0.717) is 24.6 Å². The van der Waals surface area contributed by atoms with Crippen molar-refractivity contribution in [3.05, 3.63) is 77.0 Å². The molecule has 0 fully saturated rings. The predicted molar refractivity (Wildman–Crippen MR) is 104 cm³/mol. The van der Waals surface area contributed by atoms with Gasteiger partial charge in [0.15, 0.2) is 11.8 Å². The molecule has 0 amide bonds. The van der Waals surface area contributed by atoms with Crippen LogP contribution in [0.1, 0.15) is 22.5 Å². The van der Waals surface area contributed by atoms with E-state index in [-0.39, 0.29) is 5.82 Å². The van der Waals surface area contributed by atoms with E-state index >= 15 is 0 Å². The monoisotopic (exact) mass is 366 g/mol. The first-order valence-electron chi connectivity index (χ1n) is 8.73. The van der Waals surface area contributed by atoms with Gasteiger partial charge in [-0.2, -0.15) is 5.10 Å². The Morgan fingerprint density at radius 1 is 1.11 bits per heavy atom. The highest BCUT2D eigenvalue weighted by molar-refractivity contribution is 5.79. The van der Waals surface area contributed by atoms with Crippen LogP contribution >= 0.6 is 0 Å². The fourth-order valence-electron chi connectivity index (χ4n) is 2.73. The number of nitrogens with one attached hydrogen (secondary N) is 2. The van der Waals surface area contributed by atoms with E-state index in [0.717, 1.165) is 22.8 Å². The summed E-state index contributed by atoms with van der Waals surface area (Å²) >= 11 is 0. The zero-order valence-electron chi connectivity index (χ0n) is 15.7. The topological polar surface area (TPSA) is 67.1 Å². The molecule has 2 aromatic heterocycles. The summed E-state index contributed by atoms with van der Waals surface area (Å²) < 4.78 is 15.5. The first-order valence-corrected chi connectivity index (χ1v) is 8.73. The highest BCUT2D eigenvalue weighted by Gasteiger charge is 2.06. The molecule has 0 aliphatic heterocycles. The van der Waals surface area contributed by atoms with Gasteiger partial charge in [0.05, 0.1) is 5.69 Å².